The molecule has 4 aromatic carbocycles. The first-order valence-corrected chi connectivity index (χ1v) is 24.0. The maximum absolute atomic E-state index is 13.3. The fourth-order valence-electron chi connectivity index (χ4n) is 10.1. The van der Waals surface area contributed by atoms with Crippen LogP contribution in [0.5, 0.6) is 0 Å². The van der Waals surface area contributed by atoms with E-state index in [2.05, 4.69) is 17.5 Å². The van der Waals surface area contributed by atoms with E-state index in [0.29, 0.717) is 62.9 Å². The van der Waals surface area contributed by atoms with Gasteiger partial charge in [0.2, 0.25) is 0 Å². The summed E-state index contributed by atoms with van der Waals surface area (Å²) in [5, 5.41) is 23.3. The molecule has 23 heteroatoms. The van der Waals surface area contributed by atoms with Crippen LogP contribution in [0.3, 0.4) is 0 Å². The van der Waals surface area contributed by atoms with Crippen molar-refractivity contribution in [2.24, 2.45) is 0 Å². The second-order valence-electron chi connectivity index (χ2n) is 19.4. The molecule has 3 heterocycles. The third-order valence-electron chi connectivity index (χ3n) is 14.8. The van der Waals surface area contributed by atoms with Gasteiger partial charge in [-0.25, -0.2) is 9.59 Å². The van der Waals surface area contributed by atoms with Gasteiger partial charge in [0.05, 0.1) is 78.4 Å². The summed E-state index contributed by atoms with van der Waals surface area (Å²) < 4.78 is 182. The van der Waals surface area contributed by atoms with Crippen molar-refractivity contribution < 1.29 is 81.2 Å². The van der Waals surface area contributed by atoms with Crippen molar-refractivity contribution in [3.8, 4) is 12.1 Å². The fraction of sp³-hybridized carbons (Fsp3) is 0.472. The molecule has 408 valence electrons. The Balaban J connectivity index is 0.000000221. The van der Waals surface area contributed by atoms with E-state index in [4.69, 9.17) is 18.9 Å². The Kier molecular flexibility index (Phi) is 16.4. The second-order valence-corrected chi connectivity index (χ2v) is 19.4. The van der Waals surface area contributed by atoms with Crippen LogP contribution in [-0.4, -0.2) is 79.1 Å². The van der Waals surface area contributed by atoms with Crippen LogP contribution < -0.4 is 5.32 Å². The van der Waals surface area contributed by atoms with Gasteiger partial charge in [-0.2, -0.15) is 63.2 Å². The van der Waals surface area contributed by atoms with Gasteiger partial charge in [-0.15, -0.1) is 0 Å². The highest BCUT2D eigenvalue weighted by Gasteiger charge is 2.52. The highest BCUT2D eigenvalue weighted by Crippen LogP contribution is 2.48. The normalized spacial score (nSPS) is 25.1. The predicted octanol–water partition coefficient (Wildman–Crippen LogP) is 12.8. The average Bonchev–Trinajstić information content (AvgIpc) is 4.05. The van der Waals surface area contributed by atoms with Crippen molar-refractivity contribution >= 4 is 12.2 Å². The molecule has 0 aromatic heterocycles. The topological polar surface area (TPSA) is 137 Å². The summed E-state index contributed by atoms with van der Waals surface area (Å²) in [6, 6.07) is 25.6. The van der Waals surface area contributed by atoms with Gasteiger partial charge in [0.15, 0.2) is 0 Å². The van der Waals surface area contributed by atoms with Crippen molar-refractivity contribution in [2.45, 2.75) is 111 Å². The second kappa shape index (κ2) is 21.8. The zero-order chi connectivity index (χ0) is 55.5. The van der Waals surface area contributed by atoms with E-state index in [1.165, 1.54) is 23.6 Å². The smallest absolute Gasteiger partial charge is 0.416 e. The molecule has 2 amide bonds. The minimum absolute atomic E-state index is 0.00172. The lowest BCUT2D eigenvalue weighted by molar-refractivity contribution is -0.145. The summed E-state index contributed by atoms with van der Waals surface area (Å²) in [7, 11) is 0. The number of carbonyl (C=O) groups is 2. The van der Waals surface area contributed by atoms with Crippen LogP contribution >= 0.6 is 0 Å². The number of nitriles is 2. The van der Waals surface area contributed by atoms with Gasteiger partial charge in [-0.05, 0) is 111 Å². The number of nitrogens with zero attached hydrogens (tertiary/aromatic N) is 4. The maximum Gasteiger partial charge on any atom is 0.416 e. The Hall–Kier alpha value is -6.56. The molecule has 0 spiro atoms. The average molecular weight is 1080 g/mol. The van der Waals surface area contributed by atoms with Crippen LogP contribution in [0.2, 0.25) is 0 Å². The van der Waals surface area contributed by atoms with Gasteiger partial charge in [0.1, 0.15) is 24.3 Å². The SMILES string of the molecule is C[C@@H](OCC1(c2ccccc2)CCC(C#N)(N2CCOC2=O)CC1)c1cc(C(F)(F)F)cc(C(F)(F)F)c1.C[C@@H](OC[C@@]1(c2ccccc2)CC[C@](C#N)(N2CCOC2=O)CN1)c1cc(C(F)(F)F)cc(C(F)(F)F)c1. The predicted molar refractivity (Wildman–Crippen MR) is 246 cm³/mol. The lowest BCUT2D eigenvalue weighted by Crippen LogP contribution is -2.64. The quantitative estimate of drug-likeness (QED) is 0.137. The van der Waals surface area contributed by atoms with Gasteiger partial charge in [-0.3, -0.25) is 9.80 Å². The third-order valence-corrected chi connectivity index (χ3v) is 14.8. The number of benzene rings is 4. The van der Waals surface area contributed by atoms with E-state index in [1.54, 1.807) is 18.2 Å². The van der Waals surface area contributed by atoms with Crippen molar-refractivity contribution in [1.29, 1.82) is 10.5 Å². The number of amides is 2. The zero-order valence-corrected chi connectivity index (χ0v) is 40.9. The van der Waals surface area contributed by atoms with Crippen LogP contribution in [0.15, 0.2) is 97.1 Å². The number of nitrogens with one attached hydrogen (secondary N) is 1. The Labute approximate surface area is 429 Å². The number of rotatable bonds is 12. The lowest BCUT2D eigenvalue weighted by Gasteiger charge is -2.47. The molecule has 11 nitrogen and oxygen atoms in total. The molecule has 3 aliphatic heterocycles. The maximum atomic E-state index is 13.3. The van der Waals surface area contributed by atoms with E-state index in [0.717, 1.165) is 11.1 Å². The molecule has 1 aliphatic carbocycles. The van der Waals surface area contributed by atoms with Gasteiger partial charge in [-0.1, -0.05) is 60.7 Å². The Morgan fingerprint density at radius 1 is 0.553 bits per heavy atom. The molecule has 4 fully saturated rings. The molecule has 4 atom stereocenters. The van der Waals surface area contributed by atoms with Gasteiger partial charge < -0.3 is 24.3 Å². The summed E-state index contributed by atoms with van der Waals surface area (Å²) in [5.41, 5.74) is -8.28. The Morgan fingerprint density at radius 2 is 0.934 bits per heavy atom. The van der Waals surface area contributed by atoms with Crippen molar-refractivity contribution in [3.05, 3.63) is 142 Å². The fourth-order valence-corrected chi connectivity index (χ4v) is 10.1. The molecule has 8 rings (SSSR count). The number of piperidine rings is 1. The summed E-state index contributed by atoms with van der Waals surface area (Å²) in [6.07, 6.45) is -21.2. The summed E-state index contributed by atoms with van der Waals surface area (Å²) >= 11 is 0. The van der Waals surface area contributed by atoms with Crippen LogP contribution in [0.25, 0.3) is 0 Å². The zero-order valence-electron chi connectivity index (χ0n) is 40.9. The van der Waals surface area contributed by atoms with Gasteiger partial charge >= 0.3 is 36.9 Å². The van der Waals surface area contributed by atoms with Gasteiger partial charge in [0, 0.05) is 12.0 Å². The first-order chi connectivity index (χ1) is 35.6. The first kappa shape index (κ1) is 57.2. The van der Waals surface area contributed by atoms with Crippen molar-refractivity contribution in [1.82, 2.24) is 15.1 Å². The molecule has 4 aliphatic rings. The minimum Gasteiger partial charge on any atom is -0.447 e. The molecule has 3 saturated heterocycles. The number of hydrogen-bond donors (Lipinski definition) is 1. The highest BCUT2D eigenvalue weighted by atomic mass is 19.4. The van der Waals surface area contributed by atoms with E-state index in [-0.39, 0.29) is 69.2 Å². The largest absolute Gasteiger partial charge is 0.447 e. The van der Waals surface area contributed by atoms with Gasteiger partial charge in [0.25, 0.3) is 0 Å². The number of ether oxygens (including phenoxy) is 4. The number of hydrogen-bond acceptors (Lipinski definition) is 9. The van der Waals surface area contributed by atoms with E-state index >= 15 is 0 Å². The molecular formula is C53H51F12N5O6. The van der Waals surface area contributed by atoms with Crippen LogP contribution in [0.4, 0.5) is 62.3 Å². The Bertz CT molecular complexity index is 2520. The standard InChI is InChI=1S/C27H26F6N2O3.C26H25F6N3O3/c1-18(19-13-21(26(28,29)30)15-22(14-19)27(31,32)33)38-17-24(20-5-3-2-4-6-20)7-9-25(16-34,10-8-24)35-11-12-37-23(35)36;1-17(18-11-20(25(27,28)29)13-21(12-18)26(30,31)32)38-16-24(19-5-3-2-4-6-19)8-7-23(14-33,15-34-24)35-9-10-37-22(35)36/h2-6,13-15,18H,7-12,17H2,1H3;2-6,11-13,17,34H,7-10,15-16H2,1H3/t18-,24?,25?;17-,23-,24-/m11/s1. The first-order valence-electron chi connectivity index (χ1n) is 24.0. The van der Waals surface area contributed by atoms with Crippen LogP contribution in [-0.2, 0) is 54.6 Å². The highest BCUT2D eigenvalue weighted by molar-refractivity contribution is 5.72. The number of alkyl halides is 12. The molecular weight excluding hydrogens is 1030 g/mol. The molecule has 0 unspecified atom stereocenters. The minimum atomic E-state index is -4.97. The lowest BCUT2D eigenvalue weighted by atomic mass is 9.64. The number of halogens is 12. The molecule has 1 saturated carbocycles. The molecule has 4 aromatic rings. The molecule has 1 N–H and O–H groups in total. The van der Waals surface area contributed by atoms with Crippen molar-refractivity contribution in [3.63, 3.8) is 0 Å². The summed E-state index contributed by atoms with van der Waals surface area (Å²) in [4.78, 5) is 27.2. The Morgan fingerprint density at radius 3 is 1.29 bits per heavy atom. The summed E-state index contributed by atoms with van der Waals surface area (Å²) in [6.45, 7) is 3.68. The number of carbonyl (C=O) groups excluding carboxylic acids is 2. The summed E-state index contributed by atoms with van der Waals surface area (Å²) in [5.74, 6) is 0. The number of cyclic esters (lactones) is 2. The third kappa shape index (κ3) is 12.3. The molecule has 76 heavy (non-hydrogen) atoms. The van der Waals surface area contributed by atoms with E-state index < -0.39 is 93.4 Å². The van der Waals surface area contributed by atoms with Crippen LogP contribution in [0, 0.1) is 22.7 Å². The van der Waals surface area contributed by atoms with Crippen molar-refractivity contribution in [2.75, 3.05) is 46.1 Å². The molecule has 0 radical (unpaired) electrons. The van der Waals surface area contributed by atoms with E-state index in [1.807, 2.05) is 42.5 Å². The van der Waals surface area contributed by atoms with E-state index in [9.17, 15) is 72.8 Å². The molecule has 0 bridgehead atoms. The van der Waals surface area contributed by atoms with Crippen LogP contribution in [0.1, 0.15) is 109 Å². The monoisotopic (exact) mass is 1080 g/mol.